The Bertz CT molecular complexity index is 1550. The average Bonchev–Trinajstić information content (AvgIpc) is 3.33. The minimum Gasteiger partial charge on any atom is -0.486 e. The summed E-state index contributed by atoms with van der Waals surface area (Å²) < 4.78 is 36.2. The van der Waals surface area contributed by atoms with Crippen LogP contribution in [-0.2, 0) is 16.4 Å². The van der Waals surface area contributed by atoms with Crippen LogP contribution in [0.4, 0.5) is 0 Å². The molecule has 0 bridgehead atoms. The lowest BCUT2D eigenvalue weighted by atomic mass is 10.2. The number of rotatable bonds is 8. The highest BCUT2D eigenvalue weighted by Gasteiger charge is 2.16. The van der Waals surface area contributed by atoms with Gasteiger partial charge in [-0.15, -0.1) is 0 Å². The first kappa shape index (κ1) is 22.5. The van der Waals surface area contributed by atoms with E-state index in [0.29, 0.717) is 46.4 Å². The van der Waals surface area contributed by atoms with E-state index in [0.717, 1.165) is 5.56 Å². The van der Waals surface area contributed by atoms with Gasteiger partial charge in [0.1, 0.15) is 29.3 Å². The van der Waals surface area contributed by atoms with Crippen LogP contribution in [0.2, 0.25) is 0 Å². The molecule has 1 N–H and O–H groups in total. The second-order valence-electron chi connectivity index (χ2n) is 7.73. The van der Waals surface area contributed by atoms with Crippen LogP contribution < -0.4 is 9.47 Å². The van der Waals surface area contributed by atoms with Gasteiger partial charge in [-0.25, -0.2) is 18.4 Å². The Balaban J connectivity index is 1.49. The van der Waals surface area contributed by atoms with Gasteiger partial charge in [-0.1, -0.05) is 43.3 Å². The number of hydrogen-bond donors (Lipinski definition) is 1. The number of sulfone groups is 1. The molecule has 176 valence electrons. The van der Waals surface area contributed by atoms with Gasteiger partial charge in [-0.3, -0.25) is 4.98 Å². The number of aromatic nitrogens is 4. The zero-order valence-electron chi connectivity index (χ0n) is 18.9. The van der Waals surface area contributed by atoms with Gasteiger partial charge in [0.25, 0.3) is 0 Å². The van der Waals surface area contributed by atoms with Crippen molar-refractivity contribution in [2.75, 3.05) is 5.75 Å². The summed E-state index contributed by atoms with van der Waals surface area (Å²) in [4.78, 5) is 16.4. The summed E-state index contributed by atoms with van der Waals surface area (Å²) in [6.45, 7) is 1.94. The van der Waals surface area contributed by atoms with Crippen molar-refractivity contribution in [1.29, 1.82) is 0 Å². The molecule has 3 aromatic heterocycles. The molecule has 2 aromatic carbocycles. The first-order chi connectivity index (χ1) is 17.0. The molecule has 0 aliphatic heterocycles. The number of pyridine rings is 2. The van der Waals surface area contributed by atoms with Gasteiger partial charge < -0.3 is 14.5 Å². The molecule has 0 saturated heterocycles. The van der Waals surface area contributed by atoms with E-state index < -0.39 is 9.84 Å². The number of benzene rings is 2. The molecule has 5 rings (SSSR count). The molecule has 0 aliphatic carbocycles. The standard InChI is InChI=1S/C26H22N4O4S/c1-2-35(31,32)24-12-11-19(16-28-24)34-20-14-22-25(30-26(29-22)21-10-6-7-13-27-21)23(15-20)33-17-18-8-4-3-5-9-18/h3-16H,2,17H2,1H3,(H,29,30). The van der Waals surface area contributed by atoms with Crippen LogP contribution in [0.3, 0.4) is 0 Å². The maximum atomic E-state index is 12.0. The van der Waals surface area contributed by atoms with Crippen molar-refractivity contribution in [1.82, 2.24) is 19.9 Å². The zero-order chi connectivity index (χ0) is 24.3. The van der Waals surface area contributed by atoms with E-state index in [1.807, 2.05) is 48.5 Å². The average molecular weight is 487 g/mol. The quantitative estimate of drug-likeness (QED) is 0.322. The molecule has 0 amide bonds. The minimum atomic E-state index is -3.39. The molecule has 0 atom stereocenters. The molecule has 35 heavy (non-hydrogen) atoms. The summed E-state index contributed by atoms with van der Waals surface area (Å²) in [6.07, 6.45) is 3.10. The number of fused-ring (bicyclic) bond motifs is 1. The molecule has 3 heterocycles. The molecular weight excluding hydrogens is 464 g/mol. The summed E-state index contributed by atoms with van der Waals surface area (Å²) in [5.74, 6) is 2.02. The Morgan fingerprint density at radius 1 is 0.914 bits per heavy atom. The summed E-state index contributed by atoms with van der Waals surface area (Å²) in [5.41, 5.74) is 3.09. The molecule has 0 radical (unpaired) electrons. The Morgan fingerprint density at radius 3 is 2.46 bits per heavy atom. The Hall–Kier alpha value is -4.24. The van der Waals surface area contributed by atoms with Crippen molar-refractivity contribution in [2.24, 2.45) is 0 Å². The Labute approximate surface area is 202 Å². The fraction of sp³-hybridized carbons (Fsp3) is 0.115. The number of imidazole rings is 1. The largest absolute Gasteiger partial charge is 0.486 e. The molecule has 8 nitrogen and oxygen atoms in total. The summed E-state index contributed by atoms with van der Waals surface area (Å²) >= 11 is 0. The van der Waals surface area contributed by atoms with Gasteiger partial charge >= 0.3 is 0 Å². The van der Waals surface area contributed by atoms with E-state index >= 15 is 0 Å². The molecule has 0 saturated carbocycles. The van der Waals surface area contributed by atoms with Gasteiger partial charge in [0.05, 0.1) is 17.5 Å². The predicted octanol–water partition coefficient (Wildman–Crippen LogP) is 5.18. The Kier molecular flexibility index (Phi) is 6.15. The topological polar surface area (TPSA) is 107 Å². The molecule has 0 unspecified atom stereocenters. The van der Waals surface area contributed by atoms with Crippen LogP contribution >= 0.6 is 0 Å². The van der Waals surface area contributed by atoms with E-state index in [9.17, 15) is 8.42 Å². The highest BCUT2D eigenvalue weighted by Crippen LogP contribution is 2.34. The second-order valence-corrected chi connectivity index (χ2v) is 9.95. The van der Waals surface area contributed by atoms with Crippen molar-refractivity contribution in [3.63, 3.8) is 0 Å². The molecule has 0 fully saturated rings. The van der Waals surface area contributed by atoms with Crippen molar-refractivity contribution in [2.45, 2.75) is 18.6 Å². The number of nitrogens with one attached hydrogen (secondary N) is 1. The predicted molar refractivity (Wildman–Crippen MR) is 132 cm³/mol. The number of H-pyrrole nitrogens is 1. The van der Waals surface area contributed by atoms with Crippen molar-refractivity contribution < 1.29 is 17.9 Å². The van der Waals surface area contributed by atoms with Gasteiger partial charge in [-0.2, -0.15) is 0 Å². The lowest BCUT2D eigenvalue weighted by Gasteiger charge is -2.11. The lowest BCUT2D eigenvalue weighted by Crippen LogP contribution is -2.05. The van der Waals surface area contributed by atoms with Gasteiger partial charge in [0.2, 0.25) is 0 Å². The fourth-order valence-electron chi connectivity index (χ4n) is 3.48. The molecule has 5 aromatic rings. The maximum Gasteiger partial charge on any atom is 0.195 e. The summed E-state index contributed by atoms with van der Waals surface area (Å²) in [7, 11) is -3.39. The van der Waals surface area contributed by atoms with Crippen molar-refractivity contribution in [3.8, 4) is 28.8 Å². The van der Waals surface area contributed by atoms with E-state index in [1.165, 1.54) is 12.3 Å². The van der Waals surface area contributed by atoms with E-state index in [4.69, 9.17) is 14.5 Å². The van der Waals surface area contributed by atoms with Gasteiger partial charge in [0.15, 0.2) is 26.4 Å². The third kappa shape index (κ3) is 4.99. The Morgan fingerprint density at radius 2 is 1.74 bits per heavy atom. The molecular formula is C26H22N4O4S. The number of hydrogen-bond acceptors (Lipinski definition) is 7. The van der Waals surface area contributed by atoms with E-state index in [-0.39, 0.29) is 10.8 Å². The third-order valence-electron chi connectivity index (χ3n) is 5.31. The monoisotopic (exact) mass is 486 g/mol. The van der Waals surface area contributed by atoms with Crippen LogP contribution in [0.25, 0.3) is 22.6 Å². The summed E-state index contributed by atoms with van der Waals surface area (Å²) in [5, 5.41) is 0.0169. The van der Waals surface area contributed by atoms with Crippen LogP contribution in [0.5, 0.6) is 17.2 Å². The maximum absolute atomic E-state index is 12.0. The first-order valence-corrected chi connectivity index (χ1v) is 12.7. The van der Waals surface area contributed by atoms with Crippen LogP contribution in [0.15, 0.2) is 90.2 Å². The molecule has 0 aliphatic rings. The second kappa shape index (κ2) is 9.55. The number of nitrogens with zero attached hydrogens (tertiary/aromatic N) is 3. The number of aromatic amines is 1. The van der Waals surface area contributed by atoms with Gasteiger partial charge in [-0.05, 0) is 29.8 Å². The highest BCUT2D eigenvalue weighted by atomic mass is 32.2. The van der Waals surface area contributed by atoms with Crippen molar-refractivity contribution >= 4 is 20.9 Å². The highest BCUT2D eigenvalue weighted by molar-refractivity contribution is 7.91. The first-order valence-electron chi connectivity index (χ1n) is 11.0. The van der Waals surface area contributed by atoms with Crippen LogP contribution in [0, 0.1) is 0 Å². The van der Waals surface area contributed by atoms with Crippen LogP contribution in [-0.4, -0.2) is 34.1 Å². The zero-order valence-corrected chi connectivity index (χ0v) is 19.7. The molecule has 9 heteroatoms. The fourth-order valence-corrected chi connectivity index (χ4v) is 4.27. The lowest BCUT2D eigenvalue weighted by molar-refractivity contribution is 0.308. The normalized spacial score (nSPS) is 11.5. The van der Waals surface area contributed by atoms with Gasteiger partial charge in [0, 0.05) is 18.3 Å². The third-order valence-corrected chi connectivity index (χ3v) is 6.95. The van der Waals surface area contributed by atoms with E-state index in [2.05, 4.69) is 15.0 Å². The number of ether oxygens (including phenoxy) is 2. The summed E-state index contributed by atoms with van der Waals surface area (Å²) in [6, 6.07) is 22.0. The van der Waals surface area contributed by atoms with Crippen LogP contribution in [0.1, 0.15) is 12.5 Å². The van der Waals surface area contributed by atoms with E-state index in [1.54, 1.807) is 31.3 Å². The minimum absolute atomic E-state index is 0.0165. The smallest absolute Gasteiger partial charge is 0.195 e. The van der Waals surface area contributed by atoms with Crippen molar-refractivity contribution in [3.05, 3.63) is 90.8 Å². The molecule has 0 spiro atoms. The SMILES string of the molecule is CCS(=O)(=O)c1ccc(Oc2cc(OCc3ccccc3)c3nc(-c4ccccn4)[nH]c3c2)cn1.